The molecule has 2 fully saturated rings. The fraction of sp³-hybridized carbons (Fsp3) is 0.500. The molecule has 7 nitrogen and oxygen atoms in total. The largest absolute Gasteiger partial charge is 0.497 e. The standard InChI is InChI=1S/C26H33ClFN3O4S/c1-35-20-9-10-21(24(28)14-20)22-15-29-16-23(22)26(32)30-11-3-4-25(18-5-7-19(27)8-6-18)31(13-12-30)17-36(2,33)34/h5-10,14,22-23,25,29H,3-4,11-13,15-17H2,1-2H3. The van der Waals surface area contributed by atoms with Gasteiger partial charge in [0.1, 0.15) is 17.4 Å². The monoisotopic (exact) mass is 537 g/mol. The summed E-state index contributed by atoms with van der Waals surface area (Å²) in [5, 5.41) is 3.88. The lowest BCUT2D eigenvalue weighted by molar-refractivity contribution is -0.136. The summed E-state index contributed by atoms with van der Waals surface area (Å²) >= 11 is 6.06. The van der Waals surface area contributed by atoms with Crippen molar-refractivity contribution in [2.75, 3.05) is 52.0 Å². The average Bonchev–Trinajstić information content (AvgIpc) is 3.30. The van der Waals surface area contributed by atoms with E-state index in [1.807, 2.05) is 34.1 Å². The van der Waals surface area contributed by atoms with Gasteiger partial charge in [-0.1, -0.05) is 29.8 Å². The van der Waals surface area contributed by atoms with E-state index in [-0.39, 0.29) is 35.5 Å². The maximum Gasteiger partial charge on any atom is 0.227 e. The summed E-state index contributed by atoms with van der Waals surface area (Å²) < 4.78 is 44.4. The van der Waals surface area contributed by atoms with Gasteiger partial charge in [-0.15, -0.1) is 0 Å². The van der Waals surface area contributed by atoms with Gasteiger partial charge < -0.3 is 15.0 Å². The molecule has 0 bridgehead atoms. The molecule has 0 aliphatic carbocycles. The molecule has 196 valence electrons. The van der Waals surface area contributed by atoms with Gasteiger partial charge >= 0.3 is 0 Å². The molecular formula is C26H33ClFN3O4S. The fourth-order valence-corrected chi connectivity index (χ4v) is 6.39. The van der Waals surface area contributed by atoms with Crippen LogP contribution in [0, 0.1) is 11.7 Å². The van der Waals surface area contributed by atoms with Crippen LogP contribution < -0.4 is 10.1 Å². The Labute approximate surface area is 217 Å². The van der Waals surface area contributed by atoms with Crippen molar-refractivity contribution < 1.29 is 22.3 Å². The summed E-state index contributed by atoms with van der Waals surface area (Å²) in [4.78, 5) is 17.4. The molecule has 2 aromatic carbocycles. The average molecular weight is 538 g/mol. The number of rotatable bonds is 6. The second kappa shape index (κ2) is 11.5. The highest BCUT2D eigenvalue weighted by Gasteiger charge is 2.38. The Morgan fingerprint density at radius 1 is 1.14 bits per heavy atom. The third-order valence-electron chi connectivity index (χ3n) is 7.11. The minimum absolute atomic E-state index is 0.0236. The van der Waals surface area contributed by atoms with E-state index in [0.717, 1.165) is 12.0 Å². The lowest BCUT2D eigenvalue weighted by atomic mass is 9.87. The van der Waals surface area contributed by atoms with Gasteiger partial charge in [0, 0.05) is 62.0 Å². The number of halogens is 2. The van der Waals surface area contributed by atoms with Gasteiger partial charge in [-0.3, -0.25) is 9.69 Å². The molecule has 0 spiro atoms. The Morgan fingerprint density at radius 2 is 1.89 bits per heavy atom. The number of sulfone groups is 1. The number of methoxy groups -OCH3 is 1. The highest BCUT2D eigenvalue weighted by atomic mass is 35.5. The topological polar surface area (TPSA) is 79.0 Å². The van der Waals surface area contributed by atoms with E-state index < -0.39 is 9.84 Å². The molecule has 1 N–H and O–H groups in total. The minimum Gasteiger partial charge on any atom is -0.497 e. The van der Waals surface area contributed by atoms with Crippen LogP contribution in [0.2, 0.25) is 5.02 Å². The van der Waals surface area contributed by atoms with E-state index in [1.54, 1.807) is 12.1 Å². The van der Waals surface area contributed by atoms with E-state index in [4.69, 9.17) is 16.3 Å². The van der Waals surface area contributed by atoms with Gasteiger partial charge in [0.25, 0.3) is 0 Å². The summed E-state index contributed by atoms with van der Waals surface area (Å²) in [5.74, 6) is -0.712. The van der Waals surface area contributed by atoms with Crippen molar-refractivity contribution in [3.8, 4) is 5.75 Å². The number of benzene rings is 2. The molecule has 0 aromatic heterocycles. The maximum absolute atomic E-state index is 14.8. The number of carbonyl (C=O) groups excluding carboxylic acids is 1. The molecule has 1 amide bonds. The molecule has 2 saturated heterocycles. The normalized spacial score (nSPS) is 23.8. The summed E-state index contributed by atoms with van der Waals surface area (Å²) in [6, 6.07) is 12.2. The predicted molar refractivity (Wildman–Crippen MR) is 138 cm³/mol. The van der Waals surface area contributed by atoms with Crippen LogP contribution in [-0.2, 0) is 14.6 Å². The molecule has 0 radical (unpaired) electrons. The zero-order valence-corrected chi connectivity index (χ0v) is 22.2. The van der Waals surface area contributed by atoms with E-state index in [1.165, 1.54) is 19.4 Å². The van der Waals surface area contributed by atoms with Crippen LogP contribution in [0.3, 0.4) is 0 Å². The van der Waals surface area contributed by atoms with Crippen LogP contribution in [0.25, 0.3) is 0 Å². The molecule has 4 rings (SSSR count). The highest BCUT2D eigenvalue weighted by molar-refractivity contribution is 7.90. The van der Waals surface area contributed by atoms with Crippen molar-refractivity contribution in [1.82, 2.24) is 15.1 Å². The van der Waals surface area contributed by atoms with Crippen LogP contribution in [-0.4, -0.2) is 76.1 Å². The lowest BCUT2D eigenvalue weighted by Crippen LogP contribution is -2.47. The predicted octanol–water partition coefficient (Wildman–Crippen LogP) is 3.46. The van der Waals surface area contributed by atoms with E-state index >= 15 is 0 Å². The molecule has 3 unspecified atom stereocenters. The van der Waals surface area contributed by atoms with Gasteiger partial charge in [0.15, 0.2) is 9.84 Å². The second-order valence-corrected chi connectivity index (χ2v) is 12.2. The number of carbonyl (C=O) groups is 1. The Kier molecular flexibility index (Phi) is 8.55. The quantitative estimate of drug-likeness (QED) is 0.608. The number of nitrogens with zero attached hydrogens (tertiary/aromatic N) is 2. The first-order valence-corrected chi connectivity index (χ1v) is 14.6. The Morgan fingerprint density at radius 3 is 2.56 bits per heavy atom. The third-order valence-corrected chi connectivity index (χ3v) is 8.16. The maximum atomic E-state index is 14.8. The fourth-order valence-electron chi connectivity index (χ4n) is 5.35. The number of ether oxygens (including phenoxy) is 1. The molecule has 3 atom stereocenters. The summed E-state index contributed by atoms with van der Waals surface area (Å²) in [6.07, 6.45) is 2.66. The van der Waals surface area contributed by atoms with Crippen LogP contribution in [0.15, 0.2) is 42.5 Å². The minimum atomic E-state index is -3.28. The number of hydrogen-bond donors (Lipinski definition) is 1. The van der Waals surface area contributed by atoms with E-state index in [0.29, 0.717) is 55.5 Å². The second-order valence-electron chi connectivity index (χ2n) is 9.66. The number of amides is 1. The van der Waals surface area contributed by atoms with Crippen LogP contribution in [0.1, 0.15) is 35.9 Å². The summed E-state index contributed by atoms with van der Waals surface area (Å²) in [6.45, 7) is 2.41. The first kappa shape index (κ1) is 26.9. The van der Waals surface area contributed by atoms with Crippen molar-refractivity contribution in [3.05, 3.63) is 64.4 Å². The molecule has 2 aromatic rings. The van der Waals surface area contributed by atoms with Crippen LogP contribution in [0.4, 0.5) is 4.39 Å². The SMILES string of the molecule is COc1ccc(C2CNCC2C(=O)N2CCCC(c3ccc(Cl)cc3)N(CS(C)(=O)=O)CC2)c(F)c1. The van der Waals surface area contributed by atoms with Gasteiger partial charge in [0.05, 0.1) is 13.0 Å². The van der Waals surface area contributed by atoms with E-state index in [2.05, 4.69) is 5.32 Å². The van der Waals surface area contributed by atoms with Gasteiger partial charge in [-0.25, -0.2) is 12.8 Å². The number of hydrogen-bond acceptors (Lipinski definition) is 6. The van der Waals surface area contributed by atoms with Gasteiger partial charge in [-0.05, 0) is 42.2 Å². The van der Waals surface area contributed by atoms with Crippen molar-refractivity contribution in [2.45, 2.75) is 24.8 Å². The van der Waals surface area contributed by atoms with Crippen molar-refractivity contribution in [3.63, 3.8) is 0 Å². The van der Waals surface area contributed by atoms with Crippen LogP contribution >= 0.6 is 11.6 Å². The molecular weight excluding hydrogens is 505 g/mol. The Balaban J connectivity index is 1.51. The van der Waals surface area contributed by atoms with Gasteiger partial charge in [-0.2, -0.15) is 0 Å². The Bertz CT molecular complexity index is 1180. The summed E-state index contributed by atoms with van der Waals surface area (Å²) in [7, 11) is -1.78. The van der Waals surface area contributed by atoms with Crippen molar-refractivity contribution in [1.29, 1.82) is 0 Å². The molecule has 2 heterocycles. The lowest BCUT2D eigenvalue weighted by Gasteiger charge is -2.37. The number of nitrogens with one attached hydrogen (secondary N) is 1. The Hall–Kier alpha value is -2.20. The van der Waals surface area contributed by atoms with Crippen LogP contribution in [0.5, 0.6) is 5.75 Å². The zero-order chi connectivity index (χ0) is 25.9. The third kappa shape index (κ3) is 6.37. The summed E-state index contributed by atoms with van der Waals surface area (Å²) in [5.41, 5.74) is 1.52. The molecule has 2 aliphatic rings. The first-order chi connectivity index (χ1) is 17.2. The molecule has 2 aliphatic heterocycles. The highest BCUT2D eigenvalue weighted by Crippen LogP contribution is 2.34. The molecule has 0 saturated carbocycles. The molecule has 36 heavy (non-hydrogen) atoms. The smallest absolute Gasteiger partial charge is 0.227 e. The molecule has 10 heteroatoms. The first-order valence-electron chi connectivity index (χ1n) is 12.2. The zero-order valence-electron chi connectivity index (χ0n) is 20.6. The van der Waals surface area contributed by atoms with Crippen molar-refractivity contribution >= 4 is 27.3 Å². The van der Waals surface area contributed by atoms with Gasteiger partial charge in [0.2, 0.25) is 5.91 Å². The van der Waals surface area contributed by atoms with Crippen molar-refractivity contribution in [2.24, 2.45) is 5.92 Å². The van der Waals surface area contributed by atoms with E-state index in [9.17, 15) is 17.6 Å².